The van der Waals surface area contributed by atoms with Crippen molar-refractivity contribution >= 4 is 6.29 Å². The third kappa shape index (κ3) is 13.6. The summed E-state index contributed by atoms with van der Waals surface area (Å²) in [5.41, 5.74) is 0. The highest BCUT2D eigenvalue weighted by Crippen LogP contribution is 2.18. The highest BCUT2D eigenvalue weighted by atomic mass is 16.1. The van der Waals surface area contributed by atoms with Crippen LogP contribution in [0.25, 0.3) is 0 Å². The van der Waals surface area contributed by atoms with E-state index < -0.39 is 0 Å². The monoisotopic (exact) mass is 243 g/mol. The molecule has 2 heteroatoms. The van der Waals surface area contributed by atoms with Crippen LogP contribution >= 0.6 is 0 Å². The van der Waals surface area contributed by atoms with Gasteiger partial charge in [0, 0.05) is 6.42 Å². The second-order valence-corrected chi connectivity index (χ2v) is 4.95. The van der Waals surface area contributed by atoms with E-state index in [1.807, 2.05) is 27.7 Å². The normalized spacial score (nSPS) is 16.6. The summed E-state index contributed by atoms with van der Waals surface area (Å²) in [6.07, 6.45) is 5.87. The molecule has 0 aromatic carbocycles. The zero-order chi connectivity index (χ0) is 13.7. The van der Waals surface area contributed by atoms with Crippen LogP contribution in [0, 0.1) is 11.8 Å². The molecule has 0 atom stereocenters. The fourth-order valence-corrected chi connectivity index (χ4v) is 1.66. The van der Waals surface area contributed by atoms with Gasteiger partial charge in [-0.15, -0.1) is 0 Å². The SMILES string of the molecule is CC.CC(C)CC=O.CCC1CCN(C)CC1. The first-order valence-corrected chi connectivity index (χ1v) is 7.22. The first kappa shape index (κ1) is 19.0. The van der Waals surface area contributed by atoms with Crippen LogP contribution in [0.1, 0.15) is 60.3 Å². The van der Waals surface area contributed by atoms with Crippen LogP contribution in [-0.4, -0.2) is 31.3 Å². The summed E-state index contributed by atoms with van der Waals surface area (Å²) in [6, 6.07) is 0. The van der Waals surface area contributed by atoms with E-state index in [1.54, 1.807) is 0 Å². The Hall–Kier alpha value is -0.370. The molecule has 1 rings (SSSR count). The largest absolute Gasteiger partial charge is 0.306 e. The Morgan fingerprint density at radius 3 is 1.94 bits per heavy atom. The third-order valence-corrected chi connectivity index (χ3v) is 2.98. The molecule has 0 aromatic heterocycles. The molecule has 0 aromatic rings. The Labute approximate surface area is 109 Å². The molecule has 0 aliphatic carbocycles. The van der Waals surface area contributed by atoms with Crippen LogP contribution in [0.5, 0.6) is 0 Å². The lowest BCUT2D eigenvalue weighted by Gasteiger charge is -2.27. The Morgan fingerprint density at radius 1 is 1.24 bits per heavy atom. The molecule has 104 valence electrons. The average Bonchev–Trinajstić information content (AvgIpc) is 2.33. The summed E-state index contributed by atoms with van der Waals surface area (Å²) in [5, 5.41) is 0. The molecule has 1 heterocycles. The third-order valence-electron chi connectivity index (χ3n) is 2.98. The lowest BCUT2D eigenvalue weighted by molar-refractivity contribution is -0.108. The number of likely N-dealkylation sites (tertiary alicyclic amines) is 1. The van der Waals surface area contributed by atoms with E-state index in [-0.39, 0.29) is 0 Å². The van der Waals surface area contributed by atoms with E-state index in [2.05, 4.69) is 18.9 Å². The van der Waals surface area contributed by atoms with Gasteiger partial charge in [0.1, 0.15) is 6.29 Å². The van der Waals surface area contributed by atoms with Gasteiger partial charge in [-0.25, -0.2) is 0 Å². The minimum Gasteiger partial charge on any atom is -0.306 e. The van der Waals surface area contributed by atoms with Gasteiger partial charge in [0.05, 0.1) is 0 Å². The van der Waals surface area contributed by atoms with Gasteiger partial charge >= 0.3 is 0 Å². The Morgan fingerprint density at radius 2 is 1.71 bits per heavy atom. The van der Waals surface area contributed by atoms with Gasteiger partial charge in [0.25, 0.3) is 0 Å². The van der Waals surface area contributed by atoms with Gasteiger partial charge in [0.2, 0.25) is 0 Å². The van der Waals surface area contributed by atoms with Gasteiger partial charge < -0.3 is 9.69 Å². The zero-order valence-electron chi connectivity index (χ0n) is 12.8. The molecule has 2 nitrogen and oxygen atoms in total. The van der Waals surface area contributed by atoms with Crippen molar-refractivity contribution in [3.63, 3.8) is 0 Å². The van der Waals surface area contributed by atoms with Crippen LogP contribution in [-0.2, 0) is 4.79 Å². The maximum Gasteiger partial charge on any atom is 0.120 e. The van der Waals surface area contributed by atoms with E-state index in [4.69, 9.17) is 0 Å². The van der Waals surface area contributed by atoms with Gasteiger partial charge in [-0.1, -0.05) is 41.0 Å². The predicted octanol–water partition coefficient (Wildman–Crippen LogP) is 4.00. The number of piperidine rings is 1. The number of aldehydes is 1. The molecular weight excluding hydrogens is 210 g/mol. The van der Waals surface area contributed by atoms with E-state index in [0.29, 0.717) is 12.3 Å². The number of nitrogens with zero attached hydrogens (tertiary/aromatic N) is 1. The minimum atomic E-state index is 0.530. The first-order chi connectivity index (χ1) is 8.10. The van der Waals surface area contributed by atoms with Crippen molar-refractivity contribution in [2.24, 2.45) is 11.8 Å². The summed E-state index contributed by atoms with van der Waals surface area (Å²) in [5.74, 6) is 1.56. The van der Waals surface area contributed by atoms with E-state index in [0.717, 1.165) is 12.2 Å². The maximum absolute atomic E-state index is 9.62. The summed E-state index contributed by atoms with van der Waals surface area (Å²) >= 11 is 0. The lowest BCUT2D eigenvalue weighted by Crippen LogP contribution is -2.29. The molecule has 1 saturated heterocycles. The second-order valence-electron chi connectivity index (χ2n) is 4.95. The Kier molecular flexibility index (Phi) is 15.3. The van der Waals surface area contributed by atoms with Crippen LogP contribution in [0.3, 0.4) is 0 Å². The van der Waals surface area contributed by atoms with Gasteiger partial charge in [0.15, 0.2) is 0 Å². The Balaban J connectivity index is 0. The molecule has 0 amide bonds. The molecule has 0 unspecified atom stereocenters. The Bertz CT molecular complexity index is 149. The van der Waals surface area contributed by atoms with Crippen LogP contribution in [0.2, 0.25) is 0 Å². The first-order valence-electron chi connectivity index (χ1n) is 7.22. The van der Waals surface area contributed by atoms with Gasteiger partial charge in [-0.05, 0) is 44.8 Å². The van der Waals surface area contributed by atoms with Crippen molar-refractivity contribution in [1.29, 1.82) is 0 Å². The molecule has 1 aliphatic heterocycles. The van der Waals surface area contributed by atoms with Crippen molar-refractivity contribution in [2.45, 2.75) is 60.3 Å². The van der Waals surface area contributed by atoms with E-state index >= 15 is 0 Å². The number of hydrogen-bond donors (Lipinski definition) is 0. The topological polar surface area (TPSA) is 20.3 Å². The number of carbonyl (C=O) groups excluding carboxylic acids is 1. The highest BCUT2D eigenvalue weighted by molar-refractivity contribution is 5.49. The van der Waals surface area contributed by atoms with Crippen molar-refractivity contribution in [3.8, 4) is 0 Å². The van der Waals surface area contributed by atoms with Crippen molar-refractivity contribution in [2.75, 3.05) is 20.1 Å². The maximum atomic E-state index is 9.62. The molecule has 0 saturated carbocycles. The highest BCUT2D eigenvalue weighted by Gasteiger charge is 2.13. The molecule has 0 spiro atoms. The zero-order valence-corrected chi connectivity index (χ0v) is 12.8. The van der Waals surface area contributed by atoms with Crippen molar-refractivity contribution in [3.05, 3.63) is 0 Å². The lowest BCUT2D eigenvalue weighted by atomic mass is 9.95. The quantitative estimate of drug-likeness (QED) is 0.698. The van der Waals surface area contributed by atoms with Crippen LogP contribution in [0.15, 0.2) is 0 Å². The molecule has 0 radical (unpaired) electrons. The molecule has 0 N–H and O–H groups in total. The fourth-order valence-electron chi connectivity index (χ4n) is 1.66. The second kappa shape index (κ2) is 13.7. The van der Waals surface area contributed by atoms with E-state index in [1.165, 1.54) is 32.4 Å². The summed E-state index contributed by atoms with van der Waals surface area (Å²) in [6.45, 7) is 13.0. The number of carbonyl (C=O) groups is 1. The molecular formula is C15H33NO. The molecule has 1 aliphatic rings. The van der Waals surface area contributed by atoms with E-state index in [9.17, 15) is 4.79 Å². The summed E-state index contributed by atoms with van der Waals surface area (Å²) in [4.78, 5) is 12.0. The summed E-state index contributed by atoms with van der Waals surface area (Å²) in [7, 11) is 2.21. The number of rotatable bonds is 3. The van der Waals surface area contributed by atoms with Gasteiger partial charge in [-0.2, -0.15) is 0 Å². The van der Waals surface area contributed by atoms with Crippen LogP contribution < -0.4 is 0 Å². The predicted molar refractivity (Wildman–Crippen MR) is 77.4 cm³/mol. The standard InChI is InChI=1S/C8H17N.C5H10O.C2H6/c1-3-8-4-6-9(2)7-5-8;1-5(2)3-4-6;1-2/h8H,3-7H2,1-2H3;4-5H,3H2,1-2H3;1-2H3. The van der Waals surface area contributed by atoms with Gasteiger partial charge in [-0.3, -0.25) is 0 Å². The molecule has 1 fully saturated rings. The molecule has 0 bridgehead atoms. The average molecular weight is 243 g/mol. The molecule has 17 heavy (non-hydrogen) atoms. The fraction of sp³-hybridized carbons (Fsp3) is 0.933. The smallest absolute Gasteiger partial charge is 0.120 e. The van der Waals surface area contributed by atoms with Crippen molar-refractivity contribution < 1.29 is 4.79 Å². The van der Waals surface area contributed by atoms with Crippen molar-refractivity contribution in [1.82, 2.24) is 4.90 Å². The number of hydrogen-bond acceptors (Lipinski definition) is 2. The minimum absolute atomic E-state index is 0.530. The summed E-state index contributed by atoms with van der Waals surface area (Å²) < 4.78 is 0. The van der Waals surface area contributed by atoms with Crippen LogP contribution in [0.4, 0.5) is 0 Å².